The number of hydrogen-bond acceptors (Lipinski definition) is 5. The van der Waals surface area contributed by atoms with Gasteiger partial charge in [-0.1, -0.05) is 13.8 Å². The molecule has 1 aromatic rings. The molecular formula is C17H29N5O. The number of aromatic nitrogens is 2. The number of nitrogens with zero attached hydrogens (tertiary/aromatic N) is 3. The Morgan fingerprint density at radius 3 is 2.87 bits per heavy atom. The van der Waals surface area contributed by atoms with Gasteiger partial charge in [0.05, 0.1) is 12.2 Å². The lowest BCUT2D eigenvalue weighted by Crippen LogP contribution is -2.30. The summed E-state index contributed by atoms with van der Waals surface area (Å²) in [6.07, 6.45) is 2.83. The van der Waals surface area contributed by atoms with E-state index in [0.29, 0.717) is 24.8 Å². The van der Waals surface area contributed by atoms with Gasteiger partial charge in [0.1, 0.15) is 11.6 Å². The summed E-state index contributed by atoms with van der Waals surface area (Å²) in [5, 5.41) is 6.51. The quantitative estimate of drug-likeness (QED) is 0.839. The van der Waals surface area contributed by atoms with Crippen LogP contribution >= 0.6 is 0 Å². The molecule has 2 N–H and O–H groups in total. The third kappa shape index (κ3) is 5.16. The van der Waals surface area contributed by atoms with Crippen LogP contribution in [0.4, 0.5) is 5.82 Å². The summed E-state index contributed by atoms with van der Waals surface area (Å²) in [5.74, 6) is 2.58. The largest absolute Gasteiger partial charge is 0.373 e. The topological polar surface area (TPSA) is 70.2 Å². The molecular weight excluding hydrogens is 290 g/mol. The molecule has 2 heterocycles. The summed E-state index contributed by atoms with van der Waals surface area (Å²) >= 11 is 0. The van der Waals surface area contributed by atoms with Crippen LogP contribution < -0.4 is 10.6 Å². The van der Waals surface area contributed by atoms with Crippen LogP contribution in [0.5, 0.6) is 0 Å². The van der Waals surface area contributed by atoms with E-state index < -0.39 is 0 Å². The standard InChI is InChI=1S/C17H29N5O/c1-12(2)8-16(23)22(4)11-14-9-15(18-3)21-17(20-14)13-6-5-7-19-10-13/h9,12-13,19H,5-8,10-11H2,1-4H3,(H,18,20,21)/t13-/m1/s1. The van der Waals surface area contributed by atoms with Gasteiger partial charge in [0.2, 0.25) is 5.91 Å². The average molecular weight is 319 g/mol. The third-order valence-corrected chi connectivity index (χ3v) is 4.12. The van der Waals surface area contributed by atoms with E-state index in [1.54, 1.807) is 4.90 Å². The highest BCUT2D eigenvalue weighted by atomic mass is 16.2. The number of carbonyl (C=O) groups is 1. The first kappa shape index (κ1) is 17.7. The molecule has 0 spiro atoms. The van der Waals surface area contributed by atoms with Gasteiger partial charge in [-0.15, -0.1) is 0 Å². The average Bonchev–Trinajstić information content (AvgIpc) is 2.54. The lowest BCUT2D eigenvalue weighted by molar-refractivity contribution is -0.131. The maximum Gasteiger partial charge on any atom is 0.222 e. The van der Waals surface area contributed by atoms with Gasteiger partial charge in [0, 0.05) is 39.0 Å². The van der Waals surface area contributed by atoms with Crippen molar-refractivity contribution in [3.8, 4) is 0 Å². The second-order valence-corrected chi connectivity index (χ2v) is 6.74. The Hall–Kier alpha value is -1.69. The van der Waals surface area contributed by atoms with E-state index in [9.17, 15) is 4.79 Å². The summed E-state index contributed by atoms with van der Waals surface area (Å²) < 4.78 is 0. The minimum atomic E-state index is 0.158. The molecule has 23 heavy (non-hydrogen) atoms. The van der Waals surface area contributed by atoms with Crippen molar-refractivity contribution in [3.05, 3.63) is 17.6 Å². The highest BCUT2D eigenvalue weighted by molar-refractivity contribution is 5.76. The van der Waals surface area contributed by atoms with E-state index in [2.05, 4.69) is 29.5 Å². The predicted molar refractivity (Wildman–Crippen MR) is 92.4 cm³/mol. The predicted octanol–water partition coefficient (Wildman–Crippen LogP) is 1.99. The first-order chi connectivity index (χ1) is 11.0. The van der Waals surface area contributed by atoms with Crippen LogP contribution in [0.3, 0.4) is 0 Å². The van der Waals surface area contributed by atoms with Crippen LogP contribution in [0, 0.1) is 5.92 Å². The number of nitrogens with one attached hydrogen (secondary N) is 2. The Labute approximate surface area is 139 Å². The molecule has 6 heteroatoms. The van der Waals surface area contributed by atoms with Crippen LogP contribution in [-0.2, 0) is 11.3 Å². The van der Waals surface area contributed by atoms with E-state index in [1.165, 1.54) is 0 Å². The van der Waals surface area contributed by atoms with Crippen molar-refractivity contribution in [2.45, 2.75) is 45.6 Å². The Bertz CT molecular complexity index is 526. The molecule has 2 rings (SSSR count). The smallest absolute Gasteiger partial charge is 0.222 e. The second-order valence-electron chi connectivity index (χ2n) is 6.74. The Morgan fingerprint density at radius 2 is 2.26 bits per heavy atom. The molecule has 0 unspecified atom stereocenters. The van der Waals surface area contributed by atoms with E-state index >= 15 is 0 Å². The van der Waals surface area contributed by atoms with Gasteiger partial charge in [0.25, 0.3) is 0 Å². The fraction of sp³-hybridized carbons (Fsp3) is 0.706. The van der Waals surface area contributed by atoms with Crippen molar-refractivity contribution in [2.24, 2.45) is 5.92 Å². The van der Waals surface area contributed by atoms with Gasteiger partial charge in [-0.3, -0.25) is 4.79 Å². The molecule has 128 valence electrons. The maximum atomic E-state index is 12.2. The molecule has 1 saturated heterocycles. The number of hydrogen-bond donors (Lipinski definition) is 2. The van der Waals surface area contributed by atoms with Crippen LogP contribution in [0.25, 0.3) is 0 Å². The first-order valence-corrected chi connectivity index (χ1v) is 8.50. The normalized spacial score (nSPS) is 18.0. The van der Waals surface area contributed by atoms with Gasteiger partial charge in [-0.05, 0) is 25.3 Å². The molecule has 1 aliphatic rings. The fourth-order valence-electron chi connectivity index (χ4n) is 2.82. The van der Waals surface area contributed by atoms with Crippen molar-refractivity contribution in [1.29, 1.82) is 0 Å². The molecule has 1 amide bonds. The van der Waals surface area contributed by atoms with Gasteiger partial charge in [0.15, 0.2) is 0 Å². The SMILES string of the molecule is CNc1cc(CN(C)C(=O)CC(C)C)nc([C@@H]2CCCNC2)n1. The van der Waals surface area contributed by atoms with Crippen LogP contribution in [0.2, 0.25) is 0 Å². The van der Waals surface area contributed by atoms with Gasteiger partial charge < -0.3 is 15.5 Å². The lowest BCUT2D eigenvalue weighted by Gasteiger charge is -2.23. The Morgan fingerprint density at radius 1 is 1.48 bits per heavy atom. The van der Waals surface area contributed by atoms with Crippen LogP contribution in [-0.4, -0.2) is 48.0 Å². The van der Waals surface area contributed by atoms with Crippen molar-refractivity contribution in [2.75, 3.05) is 32.5 Å². The van der Waals surface area contributed by atoms with Crippen molar-refractivity contribution >= 4 is 11.7 Å². The van der Waals surface area contributed by atoms with Crippen molar-refractivity contribution < 1.29 is 4.79 Å². The van der Waals surface area contributed by atoms with Gasteiger partial charge in [-0.2, -0.15) is 0 Å². The van der Waals surface area contributed by atoms with E-state index in [-0.39, 0.29) is 5.91 Å². The van der Waals surface area contributed by atoms with Crippen molar-refractivity contribution in [1.82, 2.24) is 20.2 Å². The lowest BCUT2D eigenvalue weighted by atomic mass is 9.99. The van der Waals surface area contributed by atoms with E-state index in [0.717, 1.165) is 43.3 Å². The molecule has 0 aliphatic carbocycles. The number of piperidine rings is 1. The minimum absolute atomic E-state index is 0.158. The molecule has 0 aromatic carbocycles. The summed E-state index contributed by atoms with van der Waals surface area (Å²) in [6, 6.07) is 1.93. The highest BCUT2D eigenvalue weighted by Crippen LogP contribution is 2.22. The van der Waals surface area contributed by atoms with Gasteiger partial charge >= 0.3 is 0 Å². The van der Waals surface area contributed by atoms with E-state index in [1.807, 2.05) is 20.2 Å². The van der Waals surface area contributed by atoms with E-state index in [4.69, 9.17) is 4.98 Å². The molecule has 0 radical (unpaired) electrons. The zero-order chi connectivity index (χ0) is 16.8. The molecule has 0 bridgehead atoms. The summed E-state index contributed by atoms with van der Waals surface area (Å²) in [5.41, 5.74) is 0.893. The zero-order valence-corrected chi connectivity index (χ0v) is 14.7. The summed E-state index contributed by atoms with van der Waals surface area (Å²) in [4.78, 5) is 23.2. The molecule has 1 fully saturated rings. The first-order valence-electron chi connectivity index (χ1n) is 8.50. The van der Waals surface area contributed by atoms with Crippen LogP contribution in [0.15, 0.2) is 6.07 Å². The minimum Gasteiger partial charge on any atom is -0.373 e. The van der Waals surface area contributed by atoms with Gasteiger partial charge in [-0.25, -0.2) is 9.97 Å². The Balaban J connectivity index is 2.12. The molecule has 1 atom stereocenters. The summed E-state index contributed by atoms with van der Waals surface area (Å²) in [7, 11) is 3.70. The molecule has 6 nitrogen and oxygen atoms in total. The Kier molecular flexibility index (Phi) is 6.33. The van der Waals surface area contributed by atoms with Crippen LogP contribution in [0.1, 0.15) is 50.5 Å². The third-order valence-electron chi connectivity index (χ3n) is 4.12. The number of carbonyl (C=O) groups excluding carboxylic acids is 1. The molecule has 0 saturated carbocycles. The second kappa shape index (κ2) is 8.24. The highest BCUT2D eigenvalue weighted by Gasteiger charge is 2.20. The number of amides is 1. The zero-order valence-electron chi connectivity index (χ0n) is 14.7. The molecule has 1 aromatic heterocycles. The number of anilines is 1. The summed E-state index contributed by atoms with van der Waals surface area (Å²) in [6.45, 7) is 6.64. The number of rotatable bonds is 6. The van der Waals surface area contributed by atoms with Crippen molar-refractivity contribution in [3.63, 3.8) is 0 Å². The monoisotopic (exact) mass is 319 g/mol. The fourth-order valence-corrected chi connectivity index (χ4v) is 2.82. The molecule has 1 aliphatic heterocycles. The maximum absolute atomic E-state index is 12.2.